The van der Waals surface area contributed by atoms with Crippen LogP contribution in [-0.4, -0.2) is 28.4 Å². The zero-order valence-electron chi connectivity index (χ0n) is 18.4. The van der Waals surface area contributed by atoms with Gasteiger partial charge in [-0.2, -0.15) is 0 Å². The number of fused-ring (bicyclic) bond motifs is 1. The number of benzene rings is 3. The Morgan fingerprint density at radius 2 is 1.91 bits per heavy atom. The minimum Gasteiger partial charge on any atom is -0.507 e. The van der Waals surface area contributed by atoms with Crippen LogP contribution >= 0.6 is 22.9 Å². The number of hydrogen-bond acceptors (Lipinski definition) is 6. The molecular weight excluding hydrogens is 491 g/mol. The molecule has 1 N–H and O–H groups in total. The molecular formula is C26H18ClFN2O4S. The van der Waals surface area contributed by atoms with Crippen LogP contribution < -0.4 is 9.64 Å². The lowest BCUT2D eigenvalue weighted by Gasteiger charge is -2.23. The van der Waals surface area contributed by atoms with Gasteiger partial charge in [-0.05, 0) is 67.1 Å². The van der Waals surface area contributed by atoms with Crippen LogP contribution in [0, 0.1) is 5.82 Å². The van der Waals surface area contributed by atoms with Crippen molar-refractivity contribution in [3.05, 3.63) is 94.3 Å². The lowest BCUT2D eigenvalue weighted by Crippen LogP contribution is -2.29. The van der Waals surface area contributed by atoms with Crippen molar-refractivity contribution >= 4 is 55.7 Å². The normalized spacial score (nSPS) is 17.3. The maximum absolute atomic E-state index is 13.8. The van der Waals surface area contributed by atoms with E-state index in [1.54, 1.807) is 48.5 Å². The highest BCUT2D eigenvalue weighted by Crippen LogP contribution is 2.44. The summed E-state index contributed by atoms with van der Waals surface area (Å²) in [6.45, 7) is 2.34. The number of rotatable bonds is 5. The molecule has 1 fully saturated rings. The quantitative estimate of drug-likeness (QED) is 0.200. The molecule has 0 aliphatic carbocycles. The number of halogens is 2. The lowest BCUT2D eigenvalue weighted by atomic mass is 9.95. The summed E-state index contributed by atoms with van der Waals surface area (Å²) in [7, 11) is 0. The second-order valence-corrected chi connectivity index (χ2v) is 9.24. The van der Waals surface area contributed by atoms with Gasteiger partial charge in [-0.1, -0.05) is 35.1 Å². The third kappa shape index (κ3) is 4.15. The number of aromatic nitrogens is 1. The van der Waals surface area contributed by atoms with Crippen molar-refractivity contribution in [2.45, 2.75) is 13.0 Å². The number of carbonyl (C=O) groups is 2. The van der Waals surface area contributed by atoms with Crippen LogP contribution in [0.4, 0.5) is 9.52 Å². The average molecular weight is 509 g/mol. The van der Waals surface area contributed by atoms with Crippen molar-refractivity contribution in [2.75, 3.05) is 11.5 Å². The van der Waals surface area contributed by atoms with Crippen LogP contribution in [0.1, 0.15) is 24.1 Å². The van der Waals surface area contributed by atoms with Gasteiger partial charge in [0.15, 0.2) is 5.13 Å². The Bertz CT molecular complexity index is 1500. The first-order valence-corrected chi connectivity index (χ1v) is 11.9. The average Bonchev–Trinajstić information content (AvgIpc) is 3.37. The second kappa shape index (κ2) is 9.13. The molecule has 1 atom stereocenters. The molecule has 6 nitrogen and oxygen atoms in total. The van der Waals surface area contributed by atoms with E-state index >= 15 is 0 Å². The summed E-state index contributed by atoms with van der Waals surface area (Å²) in [5.74, 6) is -1.85. The fraction of sp³-hybridized carbons (Fsp3) is 0.115. The predicted molar refractivity (Wildman–Crippen MR) is 133 cm³/mol. The highest BCUT2D eigenvalue weighted by Gasteiger charge is 2.48. The van der Waals surface area contributed by atoms with Crippen LogP contribution in [-0.2, 0) is 9.59 Å². The van der Waals surface area contributed by atoms with Crippen molar-refractivity contribution < 1.29 is 23.8 Å². The zero-order chi connectivity index (χ0) is 24.7. The molecule has 1 aliphatic heterocycles. The molecule has 3 aromatic carbocycles. The summed E-state index contributed by atoms with van der Waals surface area (Å²) in [6.07, 6.45) is 0. The number of Topliss-reactive ketones (excluding diaryl/α,β-unsaturated/α-hetero) is 1. The molecule has 1 aromatic heterocycles. The van der Waals surface area contributed by atoms with Gasteiger partial charge < -0.3 is 9.84 Å². The number of amides is 1. The molecule has 0 bridgehead atoms. The number of anilines is 1. The Balaban J connectivity index is 1.69. The molecule has 1 aliphatic rings. The molecule has 9 heteroatoms. The van der Waals surface area contributed by atoms with Crippen LogP contribution in [0.2, 0.25) is 5.02 Å². The van der Waals surface area contributed by atoms with Gasteiger partial charge in [0.1, 0.15) is 17.3 Å². The van der Waals surface area contributed by atoms with Gasteiger partial charge in [-0.3, -0.25) is 14.5 Å². The van der Waals surface area contributed by atoms with E-state index in [2.05, 4.69) is 4.98 Å². The Labute approximate surface area is 208 Å². The van der Waals surface area contributed by atoms with Gasteiger partial charge >= 0.3 is 5.91 Å². The van der Waals surface area contributed by atoms with Crippen LogP contribution in [0.25, 0.3) is 16.0 Å². The van der Waals surface area contributed by atoms with Gasteiger partial charge in [0, 0.05) is 10.6 Å². The third-order valence-corrected chi connectivity index (χ3v) is 6.85. The highest BCUT2D eigenvalue weighted by atomic mass is 35.5. The maximum Gasteiger partial charge on any atom is 0.301 e. The zero-order valence-corrected chi connectivity index (χ0v) is 19.9. The molecule has 35 heavy (non-hydrogen) atoms. The molecule has 5 rings (SSSR count). The van der Waals surface area contributed by atoms with Gasteiger partial charge in [0.2, 0.25) is 0 Å². The van der Waals surface area contributed by atoms with Gasteiger partial charge in [0.25, 0.3) is 5.78 Å². The minimum absolute atomic E-state index is 0.0909. The Hall–Kier alpha value is -3.75. The first kappa shape index (κ1) is 23.0. The van der Waals surface area contributed by atoms with Crippen molar-refractivity contribution in [1.82, 2.24) is 4.98 Å². The third-order valence-electron chi connectivity index (χ3n) is 5.59. The van der Waals surface area contributed by atoms with E-state index < -0.39 is 23.5 Å². The Morgan fingerprint density at radius 1 is 1.14 bits per heavy atom. The second-order valence-electron chi connectivity index (χ2n) is 7.79. The number of aliphatic hydroxyl groups excluding tert-OH is 1. The number of carbonyl (C=O) groups excluding carboxylic acids is 2. The highest BCUT2D eigenvalue weighted by molar-refractivity contribution is 7.22. The van der Waals surface area contributed by atoms with E-state index in [-0.39, 0.29) is 16.5 Å². The van der Waals surface area contributed by atoms with E-state index in [1.165, 1.54) is 23.1 Å². The van der Waals surface area contributed by atoms with E-state index in [4.69, 9.17) is 16.3 Å². The van der Waals surface area contributed by atoms with Gasteiger partial charge in [0.05, 0.1) is 28.4 Å². The predicted octanol–water partition coefficient (Wildman–Crippen LogP) is 6.11. The van der Waals surface area contributed by atoms with Crippen molar-refractivity contribution in [1.29, 1.82) is 0 Å². The number of ketones is 1. The van der Waals surface area contributed by atoms with Crippen LogP contribution in [0.3, 0.4) is 0 Å². The topological polar surface area (TPSA) is 79.7 Å². The standard InChI is InChI=1S/C26H18ClFN2O4S/c1-2-34-18-9-6-14(7-10-18)23(31)21-22(15-4-3-5-16(27)12-15)30(25(33)24(21)32)26-29-19-11-8-17(28)13-20(19)35-26/h3-13,22,31H,2H2,1H3/b23-21+/t22-/m1/s1. The summed E-state index contributed by atoms with van der Waals surface area (Å²) < 4.78 is 19.7. The maximum atomic E-state index is 13.8. The van der Waals surface area contributed by atoms with E-state index in [0.29, 0.717) is 38.7 Å². The molecule has 0 unspecified atom stereocenters. The molecule has 4 aromatic rings. The first-order chi connectivity index (χ1) is 16.9. The van der Waals surface area contributed by atoms with Gasteiger partial charge in [-0.15, -0.1) is 0 Å². The summed E-state index contributed by atoms with van der Waals surface area (Å²) in [5.41, 5.74) is 1.27. The molecule has 1 amide bonds. The van der Waals surface area contributed by atoms with Crippen molar-refractivity contribution in [2.24, 2.45) is 0 Å². The van der Waals surface area contributed by atoms with Crippen LogP contribution in [0.5, 0.6) is 5.75 Å². The van der Waals surface area contributed by atoms with Crippen molar-refractivity contribution in [3.63, 3.8) is 0 Å². The van der Waals surface area contributed by atoms with Crippen molar-refractivity contribution in [3.8, 4) is 5.75 Å². The number of ether oxygens (including phenoxy) is 1. The lowest BCUT2D eigenvalue weighted by molar-refractivity contribution is -0.132. The summed E-state index contributed by atoms with van der Waals surface area (Å²) >= 11 is 7.31. The summed E-state index contributed by atoms with van der Waals surface area (Å²) in [6, 6.07) is 16.4. The summed E-state index contributed by atoms with van der Waals surface area (Å²) in [4.78, 5) is 32.2. The molecule has 2 heterocycles. The molecule has 0 radical (unpaired) electrons. The first-order valence-electron chi connectivity index (χ1n) is 10.7. The Kier molecular flexibility index (Phi) is 6.00. The Morgan fingerprint density at radius 3 is 2.63 bits per heavy atom. The SMILES string of the molecule is CCOc1ccc(/C(O)=C2\C(=O)C(=O)N(c3nc4ccc(F)cc4s3)[C@@H]2c2cccc(Cl)c2)cc1. The molecule has 0 saturated carbocycles. The number of aliphatic hydroxyl groups is 1. The fourth-order valence-electron chi connectivity index (χ4n) is 4.04. The fourth-order valence-corrected chi connectivity index (χ4v) is 5.26. The minimum atomic E-state index is -0.981. The molecule has 1 saturated heterocycles. The van der Waals surface area contributed by atoms with Crippen LogP contribution in [0.15, 0.2) is 72.3 Å². The monoisotopic (exact) mass is 508 g/mol. The number of thiazole rings is 1. The smallest absolute Gasteiger partial charge is 0.301 e. The number of nitrogens with zero attached hydrogens (tertiary/aromatic N) is 2. The molecule has 176 valence electrons. The van der Waals surface area contributed by atoms with Gasteiger partial charge in [-0.25, -0.2) is 9.37 Å². The van der Waals surface area contributed by atoms with E-state index in [0.717, 1.165) is 11.3 Å². The number of hydrogen-bond donors (Lipinski definition) is 1. The van der Waals surface area contributed by atoms with E-state index in [9.17, 15) is 19.1 Å². The molecule has 0 spiro atoms. The summed E-state index contributed by atoms with van der Waals surface area (Å²) in [5, 5.41) is 11.8. The van der Waals surface area contributed by atoms with E-state index in [1.807, 2.05) is 6.92 Å². The largest absolute Gasteiger partial charge is 0.507 e.